The smallest absolute Gasteiger partial charge is 0.258 e. The molecule has 1 aromatic heterocycles. The summed E-state index contributed by atoms with van der Waals surface area (Å²) in [7, 11) is 1.67. The van der Waals surface area contributed by atoms with Crippen molar-refractivity contribution in [2.45, 2.75) is 20.5 Å². The third kappa shape index (κ3) is 4.03. The van der Waals surface area contributed by atoms with Crippen LogP contribution in [0.25, 0.3) is 0 Å². The first kappa shape index (κ1) is 19.2. The molecule has 0 atom stereocenters. The van der Waals surface area contributed by atoms with Crippen LogP contribution in [0.3, 0.4) is 0 Å². The number of carbonyl (C=O) groups is 2. The highest BCUT2D eigenvalue weighted by Gasteiger charge is 2.15. The summed E-state index contributed by atoms with van der Waals surface area (Å²) in [4.78, 5) is 25.5. The van der Waals surface area contributed by atoms with Gasteiger partial charge in [0.1, 0.15) is 18.1 Å². The second-order valence-corrected chi connectivity index (χ2v) is 6.39. The van der Waals surface area contributed by atoms with Gasteiger partial charge in [-0.15, -0.1) is 0 Å². The first-order valence-electron chi connectivity index (χ1n) is 8.69. The fourth-order valence-electron chi connectivity index (χ4n) is 2.74. The standard InChI is InChI=1S/C21H21N3O4/c1-13-19(14(2)28-23-13)12-27-18-6-4-5-16(11-18)21(26)24(3)17-9-7-15(8-10-17)20(22)25/h4-11H,12H2,1-3H3,(H2,22,25). The van der Waals surface area contributed by atoms with Crippen LogP contribution in [0.5, 0.6) is 5.75 Å². The lowest BCUT2D eigenvalue weighted by molar-refractivity contribution is 0.0988. The molecule has 3 rings (SSSR count). The molecule has 0 aliphatic carbocycles. The van der Waals surface area contributed by atoms with E-state index in [2.05, 4.69) is 5.16 Å². The first-order valence-corrected chi connectivity index (χ1v) is 8.69. The predicted molar refractivity (Wildman–Crippen MR) is 104 cm³/mol. The zero-order valence-corrected chi connectivity index (χ0v) is 15.9. The van der Waals surface area contributed by atoms with Crippen LogP contribution >= 0.6 is 0 Å². The van der Waals surface area contributed by atoms with E-state index in [9.17, 15) is 9.59 Å². The van der Waals surface area contributed by atoms with Crippen LogP contribution in [-0.2, 0) is 6.61 Å². The highest BCUT2D eigenvalue weighted by molar-refractivity contribution is 6.06. The van der Waals surface area contributed by atoms with E-state index in [1.807, 2.05) is 13.8 Å². The van der Waals surface area contributed by atoms with Crippen LogP contribution < -0.4 is 15.4 Å². The molecule has 1 heterocycles. The summed E-state index contributed by atoms with van der Waals surface area (Å²) in [6.07, 6.45) is 0. The lowest BCUT2D eigenvalue weighted by Gasteiger charge is -2.18. The summed E-state index contributed by atoms with van der Waals surface area (Å²) in [5.74, 6) is 0.575. The molecule has 0 bridgehead atoms. The third-order valence-electron chi connectivity index (χ3n) is 4.49. The van der Waals surface area contributed by atoms with Gasteiger partial charge in [-0.3, -0.25) is 9.59 Å². The number of ether oxygens (including phenoxy) is 1. The molecule has 2 amide bonds. The maximum absolute atomic E-state index is 12.8. The van der Waals surface area contributed by atoms with Crippen LogP contribution in [0.1, 0.15) is 37.7 Å². The van der Waals surface area contributed by atoms with Gasteiger partial charge in [0.2, 0.25) is 5.91 Å². The predicted octanol–water partition coefficient (Wildman–Crippen LogP) is 3.25. The number of primary amides is 1. The quantitative estimate of drug-likeness (QED) is 0.709. The highest BCUT2D eigenvalue weighted by atomic mass is 16.5. The van der Waals surface area contributed by atoms with Gasteiger partial charge in [0.15, 0.2) is 0 Å². The number of amides is 2. The molecule has 0 saturated carbocycles. The molecule has 0 radical (unpaired) electrons. The Morgan fingerprint density at radius 2 is 1.82 bits per heavy atom. The molecule has 7 heteroatoms. The Morgan fingerprint density at radius 3 is 2.43 bits per heavy atom. The number of carbonyl (C=O) groups excluding carboxylic acids is 2. The molecule has 0 aliphatic rings. The summed E-state index contributed by atoms with van der Waals surface area (Å²) >= 11 is 0. The molecule has 2 N–H and O–H groups in total. The average molecular weight is 379 g/mol. The van der Waals surface area contributed by atoms with Crippen LogP contribution in [0, 0.1) is 13.8 Å². The normalized spacial score (nSPS) is 10.5. The Hall–Kier alpha value is -3.61. The van der Waals surface area contributed by atoms with E-state index < -0.39 is 5.91 Å². The van der Waals surface area contributed by atoms with Crippen molar-refractivity contribution < 1.29 is 18.8 Å². The van der Waals surface area contributed by atoms with Crippen molar-refractivity contribution in [2.24, 2.45) is 5.73 Å². The van der Waals surface area contributed by atoms with Crippen LogP contribution in [0.4, 0.5) is 5.69 Å². The number of nitrogens with zero attached hydrogens (tertiary/aromatic N) is 2. The number of hydrogen-bond donors (Lipinski definition) is 1. The van der Waals surface area contributed by atoms with Crippen molar-refractivity contribution in [3.63, 3.8) is 0 Å². The number of anilines is 1. The van der Waals surface area contributed by atoms with Gasteiger partial charge in [-0.2, -0.15) is 0 Å². The van der Waals surface area contributed by atoms with Crippen molar-refractivity contribution in [1.82, 2.24) is 5.16 Å². The number of benzene rings is 2. The second kappa shape index (κ2) is 7.96. The van der Waals surface area contributed by atoms with Gasteiger partial charge < -0.3 is 19.9 Å². The topological polar surface area (TPSA) is 98.7 Å². The SMILES string of the molecule is Cc1noc(C)c1COc1cccc(C(=O)N(C)c2ccc(C(N)=O)cc2)c1. The van der Waals surface area contributed by atoms with Gasteiger partial charge in [-0.05, 0) is 56.3 Å². The maximum atomic E-state index is 12.8. The molecule has 0 fully saturated rings. The minimum atomic E-state index is -0.510. The number of aryl methyl sites for hydroxylation is 2. The maximum Gasteiger partial charge on any atom is 0.258 e. The molecular formula is C21H21N3O4. The van der Waals surface area contributed by atoms with Crippen molar-refractivity contribution >= 4 is 17.5 Å². The number of aromatic nitrogens is 1. The lowest BCUT2D eigenvalue weighted by atomic mass is 10.1. The van der Waals surface area contributed by atoms with Crippen molar-refractivity contribution in [3.05, 3.63) is 76.7 Å². The number of hydrogen-bond acceptors (Lipinski definition) is 5. The van der Waals surface area contributed by atoms with Crippen LogP contribution in [0.2, 0.25) is 0 Å². The second-order valence-electron chi connectivity index (χ2n) is 6.39. The minimum absolute atomic E-state index is 0.199. The summed E-state index contributed by atoms with van der Waals surface area (Å²) < 4.78 is 10.9. The average Bonchev–Trinajstić information content (AvgIpc) is 3.03. The molecule has 2 aromatic carbocycles. The molecule has 0 aliphatic heterocycles. The Morgan fingerprint density at radius 1 is 1.11 bits per heavy atom. The summed E-state index contributed by atoms with van der Waals surface area (Å²) in [6.45, 7) is 3.99. The zero-order chi connectivity index (χ0) is 20.3. The first-order chi connectivity index (χ1) is 13.4. The van der Waals surface area contributed by atoms with E-state index in [0.29, 0.717) is 34.9 Å². The van der Waals surface area contributed by atoms with E-state index >= 15 is 0 Å². The summed E-state index contributed by atoms with van der Waals surface area (Å²) in [5, 5.41) is 3.90. The van der Waals surface area contributed by atoms with Crippen LogP contribution in [0.15, 0.2) is 53.1 Å². The Bertz CT molecular complexity index is 989. The Labute approximate surface area is 162 Å². The number of rotatable bonds is 6. The van der Waals surface area contributed by atoms with E-state index in [4.69, 9.17) is 15.0 Å². The van der Waals surface area contributed by atoms with E-state index in [1.54, 1.807) is 55.6 Å². The summed E-state index contributed by atoms with van der Waals surface area (Å²) in [6, 6.07) is 13.5. The largest absolute Gasteiger partial charge is 0.489 e. The molecule has 0 unspecified atom stereocenters. The third-order valence-corrected chi connectivity index (χ3v) is 4.49. The summed E-state index contributed by atoms with van der Waals surface area (Å²) in [5.41, 5.74) is 8.44. The molecule has 0 saturated heterocycles. The monoisotopic (exact) mass is 379 g/mol. The van der Waals surface area contributed by atoms with Gasteiger partial charge in [-0.25, -0.2) is 0 Å². The fourth-order valence-corrected chi connectivity index (χ4v) is 2.74. The van der Waals surface area contributed by atoms with Crippen molar-refractivity contribution in [3.8, 4) is 5.75 Å². The molecule has 3 aromatic rings. The fraction of sp³-hybridized carbons (Fsp3) is 0.190. The molecular weight excluding hydrogens is 358 g/mol. The van der Waals surface area contributed by atoms with Crippen molar-refractivity contribution in [2.75, 3.05) is 11.9 Å². The lowest BCUT2D eigenvalue weighted by Crippen LogP contribution is -2.26. The van der Waals surface area contributed by atoms with Gasteiger partial charge >= 0.3 is 0 Å². The van der Waals surface area contributed by atoms with Gasteiger partial charge in [0, 0.05) is 23.9 Å². The Balaban J connectivity index is 1.73. The molecule has 7 nitrogen and oxygen atoms in total. The van der Waals surface area contributed by atoms with E-state index in [0.717, 1.165) is 11.3 Å². The van der Waals surface area contributed by atoms with E-state index in [-0.39, 0.29) is 5.91 Å². The minimum Gasteiger partial charge on any atom is -0.489 e. The van der Waals surface area contributed by atoms with Crippen LogP contribution in [-0.4, -0.2) is 24.0 Å². The number of nitrogens with two attached hydrogens (primary N) is 1. The zero-order valence-electron chi connectivity index (χ0n) is 15.9. The Kier molecular flexibility index (Phi) is 5.44. The van der Waals surface area contributed by atoms with Gasteiger partial charge in [0.25, 0.3) is 5.91 Å². The molecule has 0 spiro atoms. The molecule has 28 heavy (non-hydrogen) atoms. The van der Waals surface area contributed by atoms with E-state index in [1.165, 1.54) is 4.90 Å². The van der Waals surface area contributed by atoms with Gasteiger partial charge in [0.05, 0.1) is 11.3 Å². The van der Waals surface area contributed by atoms with Crippen molar-refractivity contribution in [1.29, 1.82) is 0 Å². The molecule has 144 valence electrons. The highest BCUT2D eigenvalue weighted by Crippen LogP contribution is 2.21. The van der Waals surface area contributed by atoms with Gasteiger partial charge in [-0.1, -0.05) is 11.2 Å².